The van der Waals surface area contributed by atoms with Gasteiger partial charge in [-0.1, -0.05) is 6.07 Å². The van der Waals surface area contributed by atoms with Crippen LogP contribution in [0.15, 0.2) is 21.7 Å². The Kier molecular flexibility index (Phi) is 2.40. The van der Waals surface area contributed by atoms with Crippen LogP contribution in [0.4, 0.5) is 0 Å². The number of sulfone groups is 1. The first-order chi connectivity index (χ1) is 6.18. The summed E-state index contributed by atoms with van der Waals surface area (Å²) < 4.78 is 23.9. The minimum atomic E-state index is -3.00. The highest BCUT2D eigenvalue weighted by molar-refractivity contribution is 7.93. The first-order valence-corrected chi connectivity index (χ1v) is 6.69. The summed E-state index contributed by atoms with van der Waals surface area (Å²) >= 11 is 1.30. The summed E-state index contributed by atoms with van der Waals surface area (Å²) in [7, 11) is -3.00. The van der Waals surface area contributed by atoms with Gasteiger partial charge in [-0.3, -0.25) is 0 Å². The van der Waals surface area contributed by atoms with E-state index in [4.69, 9.17) is 0 Å². The van der Waals surface area contributed by atoms with Gasteiger partial charge in [0.25, 0.3) is 0 Å². The molecule has 0 aliphatic carbocycles. The van der Waals surface area contributed by atoms with Crippen molar-refractivity contribution in [1.29, 1.82) is 0 Å². The third kappa shape index (κ3) is 1.92. The summed E-state index contributed by atoms with van der Waals surface area (Å²) in [5.41, 5.74) is 0. The molecule has 72 valence electrons. The number of hydrogen-bond donors (Lipinski definition) is 1. The Labute approximate surface area is 81.7 Å². The van der Waals surface area contributed by atoms with E-state index in [0.29, 0.717) is 15.9 Å². The molecule has 3 nitrogen and oxygen atoms in total. The maximum atomic E-state index is 11.7. The summed E-state index contributed by atoms with van der Waals surface area (Å²) in [5, 5.41) is 4.87. The average Bonchev–Trinajstić information content (AvgIpc) is 2.49. The van der Waals surface area contributed by atoms with Crippen molar-refractivity contribution < 1.29 is 8.42 Å². The molecule has 0 amide bonds. The molecule has 0 bridgehead atoms. The first-order valence-electron chi connectivity index (χ1n) is 4.15. The van der Waals surface area contributed by atoms with E-state index in [1.807, 2.05) is 0 Å². The van der Waals surface area contributed by atoms with Gasteiger partial charge in [-0.05, 0) is 17.4 Å². The maximum absolute atomic E-state index is 11.7. The van der Waals surface area contributed by atoms with Gasteiger partial charge >= 0.3 is 0 Å². The van der Waals surface area contributed by atoms with Crippen molar-refractivity contribution in [3.05, 3.63) is 17.5 Å². The van der Waals surface area contributed by atoms with E-state index in [-0.39, 0.29) is 0 Å². The van der Waals surface area contributed by atoms with Gasteiger partial charge in [-0.2, -0.15) is 0 Å². The quantitative estimate of drug-likeness (QED) is 0.812. The van der Waals surface area contributed by atoms with E-state index in [2.05, 4.69) is 5.32 Å². The van der Waals surface area contributed by atoms with Gasteiger partial charge in [-0.15, -0.1) is 11.3 Å². The first kappa shape index (κ1) is 9.18. The molecule has 0 atom stereocenters. The van der Waals surface area contributed by atoms with E-state index >= 15 is 0 Å². The Balaban J connectivity index is 2.12. The summed E-state index contributed by atoms with van der Waals surface area (Å²) in [5.74, 6) is 0.604. The molecule has 0 radical (unpaired) electrons. The molecular weight excluding hydrogens is 206 g/mol. The van der Waals surface area contributed by atoms with Crippen molar-refractivity contribution >= 4 is 21.2 Å². The lowest BCUT2D eigenvalue weighted by Gasteiger charge is -2.26. The molecule has 0 aromatic carbocycles. The normalized spacial score (nSPS) is 18.5. The molecule has 1 aromatic rings. The molecule has 1 aliphatic heterocycles. The number of thiophene rings is 1. The highest BCUT2D eigenvalue weighted by Gasteiger charge is 2.25. The van der Waals surface area contributed by atoms with E-state index in [1.165, 1.54) is 11.3 Å². The van der Waals surface area contributed by atoms with Crippen LogP contribution in [-0.4, -0.2) is 27.3 Å². The van der Waals surface area contributed by atoms with E-state index in [9.17, 15) is 8.42 Å². The minimum absolute atomic E-state index is 0.292. The van der Waals surface area contributed by atoms with Crippen LogP contribution < -0.4 is 5.32 Å². The van der Waals surface area contributed by atoms with Gasteiger partial charge in [0.05, 0.1) is 5.75 Å². The minimum Gasteiger partial charge on any atom is -0.316 e. The lowest BCUT2D eigenvalue weighted by atomic mass is 10.1. The summed E-state index contributed by atoms with van der Waals surface area (Å²) in [4.78, 5) is 0. The molecule has 1 aliphatic rings. The zero-order chi connectivity index (χ0) is 9.31. The van der Waals surface area contributed by atoms with Crippen molar-refractivity contribution in [3.8, 4) is 0 Å². The standard InChI is InChI=1S/C8H11NO2S2/c10-13(11,6-7-4-9-5-7)8-2-1-3-12-8/h1-3,7,9H,4-6H2. The van der Waals surface area contributed by atoms with Crippen LogP contribution >= 0.6 is 11.3 Å². The Hall–Kier alpha value is -0.390. The second-order valence-electron chi connectivity index (χ2n) is 3.24. The molecule has 1 aromatic heterocycles. The van der Waals surface area contributed by atoms with E-state index < -0.39 is 9.84 Å². The molecule has 2 rings (SSSR count). The van der Waals surface area contributed by atoms with E-state index in [0.717, 1.165) is 13.1 Å². The van der Waals surface area contributed by atoms with E-state index in [1.54, 1.807) is 17.5 Å². The Morgan fingerprint density at radius 3 is 2.77 bits per heavy atom. The highest BCUT2D eigenvalue weighted by atomic mass is 32.2. The fourth-order valence-corrected chi connectivity index (χ4v) is 4.01. The summed E-state index contributed by atoms with van der Waals surface area (Å²) in [6.07, 6.45) is 0. The number of hydrogen-bond acceptors (Lipinski definition) is 4. The Morgan fingerprint density at radius 2 is 2.31 bits per heavy atom. The molecule has 1 N–H and O–H groups in total. The molecule has 0 saturated carbocycles. The van der Waals surface area contributed by atoms with Crippen LogP contribution in [-0.2, 0) is 9.84 Å². The third-order valence-corrected chi connectivity index (χ3v) is 5.49. The zero-order valence-electron chi connectivity index (χ0n) is 7.06. The molecule has 5 heteroatoms. The lowest BCUT2D eigenvalue weighted by Crippen LogP contribution is -2.45. The van der Waals surface area contributed by atoms with Crippen molar-refractivity contribution in [2.24, 2.45) is 5.92 Å². The fourth-order valence-electron chi connectivity index (χ4n) is 1.30. The van der Waals surface area contributed by atoms with Gasteiger partial charge in [0.2, 0.25) is 0 Å². The molecule has 0 unspecified atom stereocenters. The van der Waals surface area contributed by atoms with Crippen LogP contribution in [0.2, 0.25) is 0 Å². The predicted molar refractivity (Wildman–Crippen MR) is 52.7 cm³/mol. The second kappa shape index (κ2) is 3.40. The number of nitrogens with one attached hydrogen (secondary N) is 1. The van der Waals surface area contributed by atoms with Crippen LogP contribution in [0.5, 0.6) is 0 Å². The number of rotatable bonds is 3. The largest absolute Gasteiger partial charge is 0.316 e. The van der Waals surface area contributed by atoms with Crippen LogP contribution in [0.3, 0.4) is 0 Å². The fraction of sp³-hybridized carbons (Fsp3) is 0.500. The third-order valence-electron chi connectivity index (χ3n) is 2.12. The van der Waals surface area contributed by atoms with Crippen LogP contribution in [0.1, 0.15) is 0 Å². The average molecular weight is 217 g/mol. The topological polar surface area (TPSA) is 46.2 Å². The Morgan fingerprint density at radius 1 is 1.54 bits per heavy atom. The van der Waals surface area contributed by atoms with Gasteiger partial charge in [0.15, 0.2) is 9.84 Å². The monoisotopic (exact) mass is 217 g/mol. The maximum Gasteiger partial charge on any atom is 0.188 e. The molecule has 0 spiro atoms. The van der Waals surface area contributed by atoms with Gasteiger partial charge in [-0.25, -0.2) is 8.42 Å². The molecule has 1 fully saturated rings. The molecule has 13 heavy (non-hydrogen) atoms. The molecular formula is C8H11NO2S2. The van der Waals surface area contributed by atoms with Crippen molar-refractivity contribution in [3.63, 3.8) is 0 Å². The smallest absolute Gasteiger partial charge is 0.188 e. The van der Waals surface area contributed by atoms with Gasteiger partial charge in [0, 0.05) is 13.1 Å². The summed E-state index contributed by atoms with van der Waals surface area (Å²) in [6.45, 7) is 1.68. The van der Waals surface area contributed by atoms with Crippen molar-refractivity contribution in [1.82, 2.24) is 5.32 Å². The van der Waals surface area contributed by atoms with Gasteiger partial charge in [0.1, 0.15) is 4.21 Å². The van der Waals surface area contributed by atoms with Crippen LogP contribution in [0.25, 0.3) is 0 Å². The second-order valence-corrected chi connectivity index (χ2v) is 6.45. The molecule has 2 heterocycles. The van der Waals surface area contributed by atoms with Crippen molar-refractivity contribution in [2.75, 3.05) is 18.8 Å². The van der Waals surface area contributed by atoms with Gasteiger partial charge < -0.3 is 5.32 Å². The zero-order valence-corrected chi connectivity index (χ0v) is 8.70. The highest BCUT2D eigenvalue weighted by Crippen LogP contribution is 2.20. The Bertz CT molecular complexity index is 365. The van der Waals surface area contributed by atoms with Crippen LogP contribution in [0, 0.1) is 5.92 Å². The molecule has 1 saturated heterocycles. The van der Waals surface area contributed by atoms with Crippen molar-refractivity contribution in [2.45, 2.75) is 4.21 Å². The SMILES string of the molecule is O=S(=O)(CC1CNC1)c1cccs1. The lowest BCUT2D eigenvalue weighted by molar-refractivity contribution is 0.379. The summed E-state index contributed by atoms with van der Waals surface area (Å²) in [6, 6.07) is 3.45. The predicted octanol–water partition coefficient (Wildman–Crippen LogP) is 0.741.